The largest absolute Gasteiger partial charge is 0.382 e. The van der Waals surface area contributed by atoms with Gasteiger partial charge in [0.05, 0.1) is 18.8 Å². The summed E-state index contributed by atoms with van der Waals surface area (Å²) in [6.07, 6.45) is 6.76. The van der Waals surface area contributed by atoms with Gasteiger partial charge in [-0.2, -0.15) is 9.97 Å². The molecule has 0 aliphatic carbocycles. The number of hydrogen-bond donors (Lipinski definition) is 2. The highest BCUT2D eigenvalue weighted by molar-refractivity contribution is 7.09. The van der Waals surface area contributed by atoms with E-state index < -0.39 is 5.60 Å². The highest BCUT2D eigenvalue weighted by Crippen LogP contribution is 2.36. The zero-order chi connectivity index (χ0) is 17.7. The molecule has 26 heavy (non-hydrogen) atoms. The van der Waals surface area contributed by atoms with E-state index in [9.17, 15) is 5.11 Å². The first-order chi connectivity index (χ1) is 12.6. The molecule has 1 aliphatic rings. The van der Waals surface area contributed by atoms with Gasteiger partial charge in [-0.05, 0) is 12.1 Å². The molecular formula is C16H14N8OS. The van der Waals surface area contributed by atoms with Crippen molar-refractivity contribution in [2.75, 3.05) is 23.7 Å². The molecule has 1 aliphatic heterocycles. The molecule has 0 radical (unpaired) electrons. The van der Waals surface area contributed by atoms with E-state index in [1.165, 1.54) is 11.3 Å². The summed E-state index contributed by atoms with van der Waals surface area (Å²) < 4.78 is 1.84. The number of nitrogen functional groups attached to an aromatic ring is 1. The Kier molecular flexibility index (Phi) is 3.18. The fraction of sp³-hybridized carbons (Fsp3) is 0.188. The summed E-state index contributed by atoms with van der Waals surface area (Å²) in [5, 5.41) is 13.2. The van der Waals surface area contributed by atoms with Gasteiger partial charge in [0, 0.05) is 24.0 Å². The molecule has 4 aromatic rings. The predicted molar refractivity (Wildman–Crippen MR) is 97.1 cm³/mol. The summed E-state index contributed by atoms with van der Waals surface area (Å²) in [6.45, 7) is 0.740. The van der Waals surface area contributed by atoms with Gasteiger partial charge in [-0.15, -0.1) is 11.3 Å². The number of nitrogens with zero attached hydrogens (tertiary/aromatic N) is 7. The van der Waals surface area contributed by atoms with Crippen LogP contribution in [-0.2, 0) is 5.60 Å². The lowest BCUT2D eigenvalue weighted by Crippen LogP contribution is -2.60. The number of β-amino-alcohol motifs (C(OH)–C–C–N with tert-alkyl or cyclic N) is 1. The first-order valence-corrected chi connectivity index (χ1v) is 8.80. The minimum Gasteiger partial charge on any atom is -0.382 e. The van der Waals surface area contributed by atoms with E-state index in [1.54, 1.807) is 24.9 Å². The van der Waals surface area contributed by atoms with Gasteiger partial charge in [0.2, 0.25) is 5.95 Å². The van der Waals surface area contributed by atoms with Crippen molar-refractivity contribution in [1.82, 2.24) is 29.5 Å². The van der Waals surface area contributed by atoms with Crippen molar-refractivity contribution < 1.29 is 5.11 Å². The summed E-state index contributed by atoms with van der Waals surface area (Å²) in [5.74, 6) is 0.773. The zero-order valence-corrected chi connectivity index (χ0v) is 14.3. The lowest BCUT2D eigenvalue weighted by Gasteiger charge is -2.45. The number of imidazole rings is 1. The van der Waals surface area contributed by atoms with Crippen LogP contribution in [0.3, 0.4) is 0 Å². The number of hydrogen-bond acceptors (Lipinski definition) is 9. The maximum atomic E-state index is 10.7. The van der Waals surface area contributed by atoms with Crippen molar-refractivity contribution in [3.05, 3.63) is 47.4 Å². The van der Waals surface area contributed by atoms with Crippen LogP contribution >= 0.6 is 11.3 Å². The SMILES string of the molecule is Nc1nc(N2CC(O)(c3nccs3)C2)nc2c1ncn2-c1ccncc1. The molecule has 1 saturated heterocycles. The Morgan fingerprint density at radius 1 is 1.12 bits per heavy atom. The Balaban J connectivity index is 1.52. The molecule has 0 bridgehead atoms. The van der Waals surface area contributed by atoms with Crippen LogP contribution in [0.4, 0.5) is 11.8 Å². The molecule has 5 rings (SSSR count). The summed E-state index contributed by atoms with van der Waals surface area (Å²) in [4.78, 5) is 23.4. The van der Waals surface area contributed by atoms with Crippen molar-refractivity contribution in [3.8, 4) is 5.69 Å². The topological polar surface area (TPSA) is 119 Å². The van der Waals surface area contributed by atoms with E-state index in [0.717, 1.165) is 5.69 Å². The average Bonchev–Trinajstić information content (AvgIpc) is 3.30. The molecule has 0 saturated carbocycles. The molecule has 10 heteroatoms. The van der Waals surface area contributed by atoms with E-state index in [1.807, 2.05) is 27.0 Å². The van der Waals surface area contributed by atoms with Crippen LogP contribution in [0.15, 0.2) is 42.4 Å². The predicted octanol–water partition coefficient (Wildman–Crippen LogP) is 0.957. The van der Waals surface area contributed by atoms with Crippen molar-refractivity contribution >= 4 is 34.3 Å². The highest BCUT2D eigenvalue weighted by atomic mass is 32.1. The average molecular weight is 366 g/mol. The van der Waals surface area contributed by atoms with Gasteiger partial charge in [-0.25, -0.2) is 9.97 Å². The van der Waals surface area contributed by atoms with Crippen LogP contribution in [0.1, 0.15) is 5.01 Å². The fourth-order valence-corrected chi connectivity index (χ4v) is 3.78. The van der Waals surface area contributed by atoms with Crippen molar-refractivity contribution in [3.63, 3.8) is 0 Å². The van der Waals surface area contributed by atoms with Gasteiger partial charge in [0.15, 0.2) is 22.6 Å². The molecule has 0 amide bonds. The first-order valence-electron chi connectivity index (χ1n) is 7.92. The van der Waals surface area contributed by atoms with Crippen LogP contribution in [0.2, 0.25) is 0 Å². The molecule has 0 spiro atoms. The van der Waals surface area contributed by atoms with Gasteiger partial charge in [-0.1, -0.05) is 0 Å². The standard InChI is InChI=1S/C16H14N8OS/c17-12-11-13(24(9-20-11)10-1-3-18-4-2-10)22-15(21-12)23-7-16(25,8-23)14-19-5-6-26-14/h1-6,9,25H,7-8H2,(H2,17,21,22). The monoisotopic (exact) mass is 366 g/mol. The van der Waals surface area contributed by atoms with E-state index in [2.05, 4.69) is 24.9 Å². The van der Waals surface area contributed by atoms with Crippen molar-refractivity contribution in [2.45, 2.75) is 5.60 Å². The van der Waals surface area contributed by atoms with Gasteiger partial charge >= 0.3 is 0 Å². The van der Waals surface area contributed by atoms with E-state index in [-0.39, 0.29) is 0 Å². The van der Waals surface area contributed by atoms with Gasteiger partial charge in [0.1, 0.15) is 11.3 Å². The molecule has 3 N–H and O–H groups in total. The Morgan fingerprint density at radius 2 is 1.92 bits per heavy atom. The second-order valence-electron chi connectivity index (χ2n) is 6.13. The van der Waals surface area contributed by atoms with Crippen LogP contribution in [-0.4, -0.2) is 47.7 Å². The molecular weight excluding hydrogens is 352 g/mol. The quantitative estimate of drug-likeness (QED) is 0.550. The van der Waals surface area contributed by atoms with Crippen molar-refractivity contribution in [1.29, 1.82) is 0 Å². The Hall–Kier alpha value is -3.11. The van der Waals surface area contributed by atoms with Crippen molar-refractivity contribution in [2.24, 2.45) is 0 Å². The van der Waals surface area contributed by atoms with Crippen LogP contribution in [0.5, 0.6) is 0 Å². The van der Waals surface area contributed by atoms with E-state index in [4.69, 9.17) is 5.73 Å². The molecule has 5 heterocycles. The van der Waals surface area contributed by atoms with E-state index in [0.29, 0.717) is 41.0 Å². The Bertz CT molecular complexity index is 1070. The van der Waals surface area contributed by atoms with Crippen LogP contribution in [0, 0.1) is 0 Å². The number of pyridine rings is 1. The lowest BCUT2D eigenvalue weighted by molar-refractivity contribution is 0.00639. The lowest BCUT2D eigenvalue weighted by atomic mass is 9.95. The normalized spacial score (nSPS) is 16.0. The molecule has 4 aromatic heterocycles. The van der Waals surface area contributed by atoms with Crippen LogP contribution < -0.4 is 10.6 Å². The number of aliphatic hydroxyl groups is 1. The Morgan fingerprint density at radius 3 is 2.65 bits per heavy atom. The third-order valence-electron chi connectivity index (χ3n) is 4.37. The second kappa shape index (κ2) is 5.44. The second-order valence-corrected chi connectivity index (χ2v) is 7.02. The molecule has 0 atom stereocenters. The van der Waals surface area contributed by atoms with Crippen LogP contribution in [0.25, 0.3) is 16.9 Å². The number of fused-ring (bicyclic) bond motifs is 1. The molecule has 0 aromatic carbocycles. The smallest absolute Gasteiger partial charge is 0.229 e. The summed E-state index contributed by atoms with van der Waals surface area (Å²) >= 11 is 1.44. The van der Waals surface area contributed by atoms with Gasteiger partial charge in [0.25, 0.3) is 0 Å². The molecule has 9 nitrogen and oxygen atoms in total. The minimum atomic E-state index is -0.966. The number of aromatic nitrogens is 6. The van der Waals surface area contributed by atoms with Gasteiger partial charge < -0.3 is 15.7 Å². The number of thiazole rings is 1. The zero-order valence-electron chi connectivity index (χ0n) is 13.5. The molecule has 0 unspecified atom stereocenters. The number of anilines is 2. The third kappa shape index (κ3) is 2.23. The third-order valence-corrected chi connectivity index (χ3v) is 5.34. The fourth-order valence-electron chi connectivity index (χ4n) is 3.06. The highest BCUT2D eigenvalue weighted by Gasteiger charge is 2.46. The summed E-state index contributed by atoms with van der Waals surface area (Å²) in [5.41, 5.74) is 7.16. The molecule has 1 fully saturated rings. The number of nitrogens with two attached hydrogens (primary N) is 1. The summed E-state index contributed by atoms with van der Waals surface area (Å²) in [7, 11) is 0. The molecule has 130 valence electrons. The maximum absolute atomic E-state index is 10.7. The number of rotatable bonds is 3. The summed E-state index contributed by atoms with van der Waals surface area (Å²) in [6, 6.07) is 3.73. The maximum Gasteiger partial charge on any atom is 0.229 e. The first kappa shape index (κ1) is 15.2. The van der Waals surface area contributed by atoms with Gasteiger partial charge in [-0.3, -0.25) is 9.55 Å². The minimum absolute atomic E-state index is 0.308. The Labute approximate surface area is 151 Å². The van der Waals surface area contributed by atoms with E-state index >= 15 is 0 Å².